The zero-order chi connectivity index (χ0) is 52.5. The fraction of sp³-hybridized carbons (Fsp3) is 0.415. The number of benzene rings is 4. The van der Waals surface area contributed by atoms with Crippen LogP contribution in [0.15, 0.2) is 110 Å². The molecule has 3 aliphatic carbocycles. The molecule has 3 aliphatic rings. The highest BCUT2D eigenvalue weighted by atomic mass is 127. The minimum absolute atomic E-state index is 0.222. The number of unbranched alkanes of at least 4 members (excludes halogenated alkanes) is 2. The maximum absolute atomic E-state index is 13.1. The first-order valence-corrected chi connectivity index (χ1v) is 27.5. The molecule has 0 saturated heterocycles. The molecule has 4 aromatic carbocycles. The Hall–Kier alpha value is -6.53. The summed E-state index contributed by atoms with van der Waals surface area (Å²) in [6.07, 6.45) is 22.8. The summed E-state index contributed by atoms with van der Waals surface area (Å²) >= 11 is 2.29. The lowest BCUT2D eigenvalue weighted by Crippen LogP contribution is -2.39. The lowest BCUT2D eigenvalue weighted by Gasteiger charge is -2.41. The van der Waals surface area contributed by atoms with E-state index in [9.17, 15) is 19.2 Å². The summed E-state index contributed by atoms with van der Waals surface area (Å²) in [7, 11) is 0. The van der Waals surface area contributed by atoms with Gasteiger partial charge in [-0.2, -0.15) is 0 Å². The van der Waals surface area contributed by atoms with Crippen LogP contribution in [0.1, 0.15) is 161 Å². The zero-order valence-electron chi connectivity index (χ0n) is 43.1. The van der Waals surface area contributed by atoms with E-state index in [-0.39, 0.29) is 23.8 Å². The molecule has 0 spiro atoms. The summed E-state index contributed by atoms with van der Waals surface area (Å²) in [5.74, 6) is 22.2. The average Bonchev–Trinajstić information content (AvgIpc) is 3.43. The fourth-order valence-corrected chi connectivity index (χ4v) is 10.4. The Labute approximate surface area is 453 Å². The van der Waals surface area contributed by atoms with E-state index in [1.165, 1.54) is 42.1 Å². The summed E-state index contributed by atoms with van der Waals surface area (Å²) in [6, 6.07) is 30.6. The smallest absolute Gasteiger partial charge is 0.339 e. The predicted molar refractivity (Wildman–Crippen MR) is 299 cm³/mol. The summed E-state index contributed by atoms with van der Waals surface area (Å²) in [6.45, 7) is 8.11. The summed E-state index contributed by atoms with van der Waals surface area (Å²) in [5, 5.41) is 0. The first kappa shape index (κ1) is 56.8. The second-order valence-electron chi connectivity index (χ2n) is 19.6. The topological polar surface area (TPSA) is 105 Å². The number of carbonyl (C=O) groups excluding carboxylic acids is 4. The molecule has 0 atom stereocenters. The second kappa shape index (κ2) is 30.0. The number of halogens is 1. The van der Waals surface area contributed by atoms with Crippen LogP contribution in [0.2, 0.25) is 0 Å². The Bertz CT molecular complexity index is 2710. The van der Waals surface area contributed by atoms with Gasteiger partial charge in [0.1, 0.15) is 5.75 Å². The molecule has 0 heterocycles. The lowest BCUT2D eigenvalue weighted by atomic mass is 9.68. The molecule has 0 N–H and O–H groups in total. The lowest BCUT2D eigenvalue weighted by molar-refractivity contribution is -0.152. The van der Waals surface area contributed by atoms with Crippen LogP contribution in [0.4, 0.5) is 0 Å². The van der Waals surface area contributed by atoms with Crippen LogP contribution in [-0.4, -0.2) is 42.7 Å². The molecule has 0 aromatic heterocycles. The number of hydrogen-bond acceptors (Lipinski definition) is 8. The monoisotopic (exact) mass is 1100 g/mol. The van der Waals surface area contributed by atoms with Crippen LogP contribution < -0.4 is 4.74 Å². The quantitative estimate of drug-likeness (QED) is 0.0220. The third-order valence-electron chi connectivity index (χ3n) is 14.4. The van der Waals surface area contributed by atoms with E-state index in [1.807, 2.05) is 67.6 Å². The van der Waals surface area contributed by atoms with Crippen molar-refractivity contribution in [3.8, 4) is 53.6 Å². The van der Waals surface area contributed by atoms with Gasteiger partial charge >= 0.3 is 23.9 Å². The Kier molecular flexibility index (Phi) is 23.0. The molecule has 0 amide bonds. The number of terminal acetylenes is 1. The van der Waals surface area contributed by atoms with Gasteiger partial charge < -0.3 is 18.9 Å². The number of rotatable bonds is 15. The SMILES string of the molecule is C#CC1(OC(=O)c2ccc(OC(=O)C3CCC(C(=O)OCCCCCOC(=O)C=C)CC3)cc2)CCC(C2CCC(CCC)CC2)CC1.CC#Cc1ccc(C#Cc2ccc(C#Cc3ccc(I)cc3)cc2)cc1. The van der Waals surface area contributed by atoms with Crippen LogP contribution in [0, 0.1) is 81.0 Å². The highest BCUT2D eigenvalue weighted by Crippen LogP contribution is 2.44. The van der Waals surface area contributed by atoms with Gasteiger partial charge in [0.05, 0.1) is 30.6 Å². The van der Waals surface area contributed by atoms with E-state index in [1.54, 1.807) is 24.3 Å². The number of esters is 4. The Morgan fingerprint density at radius 1 is 0.622 bits per heavy atom. The molecule has 3 saturated carbocycles. The fourth-order valence-electron chi connectivity index (χ4n) is 10.0. The van der Waals surface area contributed by atoms with Gasteiger partial charge in [-0.1, -0.05) is 74.7 Å². The van der Waals surface area contributed by atoms with Gasteiger partial charge in [0, 0.05) is 37.5 Å². The van der Waals surface area contributed by atoms with Crippen LogP contribution in [0.3, 0.4) is 0 Å². The van der Waals surface area contributed by atoms with Crippen molar-refractivity contribution in [1.29, 1.82) is 0 Å². The molecular weight excluding hydrogens is 1040 g/mol. The van der Waals surface area contributed by atoms with Crippen LogP contribution in [-0.2, 0) is 28.6 Å². The first-order chi connectivity index (χ1) is 36.0. The van der Waals surface area contributed by atoms with Gasteiger partial charge in [0.2, 0.25) is 0 Å². The third-order valence-corrected chi connectivity index (χ3v) is 15.1. The molecule has 384 valence electrons. The van der Waals surface area contributed by atoms with Crippen molar-refractivity contribution >= 4 is 46.5 Å². The van der Waals surface area contributed by atoms with Gasteiger partial charge in [-0.25, -0.2) is 9.59 Å². The standard InChI is InChI=1S/C40H54O8.C25H15I/c1-4-10-29-11-13-30(14-12-29)31-23-25-40(6-3,26-24-31)48-39(44)34-19-21-35(22-20-34)47-38(43)33-17-15-32(16-18-33)37(42)46-28-9-7-8-27-45-36(41)5-2;1-2-3-20-4-6-21(7-5-20)8-9-22-10-12-23(13-11-22)14-15-24-16-18-25(26)19-17-24/h3,5,19-22,29-33H,2,4,7-18,23-28H2,1H3;4-7,10-13,16-19H,1H3. The van der Waals surface area contributed by atoms with E-state index >= 15 is 0 Å². The number of carbonyl (C=O) groups is 4. The Morgan fingerprint density at radius 3 is 1.58 bits per heavy atom. The Balaban J connectivity index is 0.000000287. The van der Waals surface area contributed by atoms with Crippen LogP contribution in [0.5, 0.6) is 5.75 Å². The van der Waals surface area contributed by atoms with E-state index in [0.29, 0.717) is 81.8 Å². The van der Waals surface area contributed by atoms with Crippen molar-refractivity contribution < 1.29 is 38.1 Å². The average molecular weight is 1110 g/mol. The van der Waals surface area contributed by atoms with E-state index in [0.717, 1.165) is 65.0 Å². The molecular formula is C65H69IO8. The normalized spacial score (nSPS) is 20.8. The first-order valence-electron chi connectivity index (χ1n) is 26.4. The van der Waals surface area contributed by atoms with Crippen molar-refractivity contribution in [1.82, 2.24) is 0 Å². The minimum Gasteiger partial charge on any atom is -0.465 e. The Morgan fingerprint density at radius 2 is 1.09 bits per heavy atom. The van der Waals surface area contributed by atoms with Crippen LogP contribution >= 0.6 is 22.6 Å². The molecule has 4 aromatic rings. The summed E-state index contributed by atoms with van der Waals surface area (Å²) < 4.78 is 23.1. The largest absolute Gasteiger partial charge is 0.465 e. The molecule has 7 rings (SSSR count). The van der Waals surface area contributed by atoms with Crippen molar-refractivity contribution in [2.75, 3.05) is 13.2 Å². The second-order valence-corrected chi connectivity index (χ2v) is 20.8. The zero-order valence-corrected chi connectivity index (χ0v) is 45.2. The molecule has 0 radical (unpaired) electrons. The highest BCUT2D eigenvalue weighted by Gasteiger charge is 2.40. The van der Waals surface area contributed by atoms with Gasteiger partial charge in [-0.3, -0.25) is 9.59 Å². The van der Waals surface area contributed by atoms with Gasteiger partial charge in [0.25, 0.3) is 0 Å². The van der Waals surface area contributed by atoms with Crippen molar-refractivity contribution in [2.24, 2.45) is 29.6 Å². The van der Waals surface area contributed by atoms with Crippen LogP contribution in [0.25, 0.3) is 0 Å². The maximum atomic E-state index is 13.1. The molecule has 0 bridgehead atoms. The maximum Gasteiger partial charge on any atom is 0.339 e. The van der Waals surface area contributed by atoms with Crippen molar-refractivity contribution in [3.63, 3.8) is 0 Å². The van der Waals surface area contributed by atoms with Crippen molar-refractivity contribution in [2.45, 2.75) is 129 Å². The summed E-state index contributed by atoms with van der Waals surface area (Å²) in [5.41, 5.74) is 4.47. The van der Waals surface area contributed by atoms with E-state index in [2.05, 4.69) is 89.7 Å². The molecule has 9 heteroatoms. The van der Waals surface area contributed by atoms with E-state index < -0.39 is 17.5 Å². The van der Waals surface area contributed by atoms with Gasteiger partial charge in [-0.05, 0) is 228 Å². The molecule has 0 unspecified atom stereocenters. The minimum atomic E-state index is -0.868. The molecule has 8 nitrogen and oxygen atoms in total. The third kappa shape index (κ3) is 18.4. The molecule has 0 aliphatic heterocycles. The number of hydrogen-bond donors (Lipinski definition) is 0. The molecule has 3 fully saturated rings. The predicted octanol–water partition coefficient (Wildman–Crippen LogP) is 13.6. The van der Waals surface area contributed by atoms with Gasteiger partial charge in [0.15, 0.2) is 5.60 Å². The highest BCUT2D eigenvalue weighted by molar-refractivity contribution is 14.1. The number of ether oxygens (including phenoxy) is 4. The van der Waals surface area contributed by atoms with Crippen molar-refractivity contribution in [3.05, 3.63) is 147 Å². The van der Waals surface area contributed by atoms with E-state index in [4.69, 9.17) is 25.4 Å². The van der Waals surface area contributed by atoms with Gasteiger partial charge in [-0.15, -0.1) is 12.3 Å². The molecule has 74 heavy (non-hydrogen) atoms. The summed E-state index contributed by atoms with van der Waals surface area (Å²) in [4.78, 5) is 49.5.